The molecule has 1 saturated heterocycles. The molecule has 0 unspecified atom stereocenters. The summed E-state index contributed by atoms with van der Waals surface area (Å²) in [7, 11) is 0. The van der Waals surface area contributed by atoms with Gasteiger partial charge in [-0.15, -0.1) is 24.4 Å². The predicted molar refractivity (Wildman–Crippen MR) is 126 cm³/mol. The van der Waals surface area contributed by atoms with Crippen LogP contribution in [0.15, 0.2) is 52.4 Å². The second kappa shape index (κ2) is 8.98. The maximum Gasteiger partial charge on any atom is 0.295 e. The molecule has 160 valence electrons. The molecule has 31 heavy (non-hydrogen) atoms. The number of fused-ring (bicyclic) bond motifs is 1. The molecule has 0 spiro atoms. The van der Waals surface area contributed by atoms with E-state index in [9.17, 15) is 14.4 Å². The summed E-state index contributed by atoms with van der Waals surface area (Å²) in [5, 5.41) is 0.965. The van der Waals surface area contributed by atoms with Crippen LogP contribution in [0.25, 0.3) is 10.9 Å². The Hall–Kier alpha value is -2.42. The zero-order valence-corrected chi connectivity index (χ0v) is 19.2. The Morgan fingerprint density at radius 2 is 1.74 bits per heavy atom. The lowest BCUT2D eigenvalue weighted by Gasteiger charge is -2.34. The molecule has 0 aliphatic carbocycles. The number of nitrogens with zero attached hydrogens (tertiary/aromatic N) is 2. The first kappa shape index (κ1) is 21.8. The molecular formula is C22H20ClN3O3S2. The van der Waals surface area contributed by atoms with Gasteiger partial charge in [0.2, 0.25) is 0 Å². The molecule has 2 heterocycles. The maximum absolute atomic E-state index is 12.9. The van der Waals surface area contributed by atoms with Crippen molar-refractivity contribution < 1.29 is 14.4 Å². The molecule has 0 radical (unpaired) electrons. The summed E-state index contributed by atoms with van der Waals surface area (Å²) >= 11 is 12.3. The fraction of sp³-hybridized carbons (Fsp3) is 0.227. The summed E-state index contributed by atoms with van der Waals surface area (Å²) < 4.78 is 0. The van der Waals surface area contributed by atoms with Crippen molar-refractivity contribution in [2.24, 2.45) is 0 Å². The fourth-order valence-electron chi connectivity index (χ4n) is 3.68. The summed E-state index contributed by atoms with van der Waals surface area (Å²) in [5.74, 6) is -1.32. The fourth-order valence-corrected chi connectivity index (χ4v) is 4.79. The molecule has 1 N–H and O–H groups in total. The monoisotopic (exact) mass is 473 g/mol. The number of aromatic amines is 1. The summed E-state index contributed by atoms with van der Waals surface area (Å²) in [5.41, 5.74) is 1.50. The van der Waals surface area contributed by atoms with Crippen molar-refractivity contribution in [1.29, 1.82) is 0 Å². The summed E-state index contributed by atoms with van der Waals surface area (Å²) in [6, 6.07) is 10.8. The van der Waals surface area contributed by atoms with Gasteiger partial charge < -0.3 is 14.8 Å². The highest BCUT2D eigenvalue weighted by Gasteiger charge is 2.30. The van der Waals surface area contributed by atoms with E-state index >= 15 is 0 Å². The number of thioether (sulfide) groups is 1. The topological polar surface area (TPSA) is 73.5 Å². The molecule has 2 aromatic carbocycles. The van der Waals surface area contributed by atoms with Gasteiger partial charge in [-0.2, -0.15) is 0 Å². The van der Waals surface area contributed by atoms with Gasteiger partial charge in [-0.1, -0.05) is 17.7 Å². The number of amides is 2. The number of nitrogens with one attached hydrogen (secondary N) is 1. The molecule has 1 aliphatic heterocycles. The van der Waals surface area contributed by atoms with Crippen molar-refractivity contribution >= 4 is 64.5 Å². The zero-order valence-electron chi connectivity index (χ0n) is 16.7. The van der Waals surface area contributed by atoms with E-state index in [1.54, 1.807) is 40.9 Å². The first-order valence-electron chi connectivity index (χ1n) is 9.66. The molecule has 6 nitrogen and oxygen atoms in total. The second-order valence-corrected chi connectivity index (χ2v) is 8.93. The Bertz CT molecular complexity index is 1190. The third-order valence-electron chi connectivity index (χ3n) is 5.38. The van der Waals surface area contributed by atoms with Crippen LogP contribution >= 0.6 is 36.0 Å². The van der Waals surface area contributed by atoms with E-state index in [4.69, 9.17) is 11.6 Å². The number of ketones is 1. The largest absolute Gasteiger partial charge is 0.360 e. The van der Waals surface area contributed by atoms with E-state index in [2.05, 4.69) is 17.6 Å². The number of carbonyl (C=O) groups excluding carboxylic acids is 3. The van der Waals surface area contributed by atoms with Crippen LogP contribution in [0.3, 0.4) is 0 Å². The standard InChI is InChI=1S/C22H20ClN3O3S2/c1-31-13-5-6-14(18(30)11-13)21(28)25-7-9-26(10-8-25)22(29)20(27)15-12-24-17-4-2-3-16(23)19(15)17/h2-6,11-12,24,30H,7-10H2,1H3. The molecule has 0 bridgehead atoms. The first-order valence-corrected chi connectivity index (χ1v) is 11.7. The van der Waals surface area contributed by atoms with Crippen LogP contribution in [0.2, 0.25) is 5.02 Å². The minimum atomic E-state index is -0.607. The number of thiol groups is 1. The normalized spacial score (nSPS) is 14.2. The van der Waals surface area contributed by atoms with Gasteiger partial charge in [0.1, 0.15) is 0 Å². The van der Waals surface area contributed by atoms with E-state index in [1.807, 2.05) is 18.4 Å². The molecule has 2 amide bonds. The van der Waals surface area contributed by atoms with Crippen LogP contribution in [0.5, 0.6) is 0 Å². The van der Waals surface area contributed by atoms with Crippen LogP contribution < -0.4 is 0 Å². The first-order chi connectivity index (χ1) is 14.9. The molecule has 9 heteroatoms. The van der Waals surface area contributed by atoms with E-state index in [0.717, 1.165) is 4.90 Å². The Morgan fingerprint density at radius 3 is 2.42 bits per heavy atom. The Morgan fingerprint density at radius 1 is 1.03 bits per heavy atom. The van der Waals surface area contributed by atoms with Crippen LogP contribution in [-0.4, -0.2) is 64.8 Å². The molecular weight excluding hydrogens is 454 g/mol. The molecule has 1 fully saturated rings. The summed E-state index contributed by atoms with van der Waals surface area (Å²) in [6.45, 7) is 1.28. The predicted octanol–water partition coefficient (Wildman–Crippen LogP) is 4.00. The number of hydrogen-bond donors (Lipinski definition) is 2. The number of halogens is 1. The molecule has 0 saturated carbocycles. The lowest BCUT2D eigenvalue weighted by molar-refractivity contribution is -0.127. The highest BCUT2D eigenvalue weighted by Crippen LogP contribution is 2.27. The maximum atomic E-state index is 12.9. The smallest absolute Gasteiger partial charge is 0.295 e. The van der Waals surface area contributed by atoms with Gasteiger partial charge in [0.05, 0.1) is 16.1 Å². The average Bonchev–Trinajstić information content (AvgIpc) is 3.23. The third kappa shape index (κ3) is 4.20. The Labute approximate surface area is 194 Å². The number of H-pyrrole nitrogens is 1. The van der Waals surface area contributed by atoms with Gasteiger partial charge in [-0.3, -0.25) is 14.4 Å². The van der Waals surface area contributed by atoms with Crippen molar-refractivity contribution in [2.75, 3.05) is 32.4 Å². The number of benzene rings is 2. The molecule has 0 atom stereocenters. The molecule has 4 rings (SSSR count). The SMILES string of the molecule is CSc1ccc(C(=O)N2CCN(C(=O)C(=O)c3c[nH]c4cccc(Cl)c34)CC2)c(S)c1. The van der Waals surface area contributed by atoms with E-state index in [0.29, 0.717) is 39.5 Å². The van der Waals surface area contributed by atoms with Gasteiger partial charge in [0, 0.05) is 53.1 Å². The number of hydrogen-bond acceptors (Lipinski definition) is 5. The van der Waals surface area contributed by atoms with Crippen molar-refractivity contribution in [3.05, 3.63) is 58.7 Å². The third-order valence-corrected chi connectivity index (χ3v) is 6.79. The minimum Gasteiger partial charge on any atom is -0.360 e. The quantitative estimate of drug-likeness (QED) is 0.260. The average molecular weight is 474 g/mol. The van der Waals surface area contributed by atoms with Crippen molar-refractivity contribution in [2.45, 2.75) is 9.79 Å². The van der Waals surface area contributed by atoms with Crippen LogP contribution in [0, 0.1) is 0 Å². The van der Waals surface area contributed by atoms with Gasteiger partial charge in [-0.25, -0.2) is 0 Å². The van der Waals surface area contributed by atoms with Crippen LogP contribution in [0.4, 0.5) is 0 Å². The van der Waals surface area contributed by atoms with Crippen molar-refractivity contribution in [3.8, 4) is 0 Å². The van der Waals surface area contributed by atoms with Gasteiger partial charge in [0.15, 0.2) is 0 Å². The van der Waals surface area contributed by atoms with Crippen molar-refractivity contribution in [1.82, 2.24) is 14.8 Å². The number of aromatic nitrogens is 1. The molecule has 1 aromatic heterocycles. The lowest BCUT2D eigenvalue weighted by atomic mass is 10.1. The number of carbonyl (C=O) groups is 3. The highest BCUT2D eigenvalue weighted by atomic mass is 35.5. The van der Waals surface area contributed by atoms with Crippen molar-refractivity contribution in [3.63, 3.8) is 0 Å². The number of Topliss-reactive ketones (excluding diaryl/α,β-unsaturated/α-hetero) is 1. The Balaban J connectivity index is 1.44. The van der Waals surface area contributed by atoms with E-state index < -0.39 is 11.7 Å². The summed E-state index contributed by atoms with van der Waals surface area (Å²) in [4.78, 5) is 46.4. The number of rotatable bonds is 4. The second-order valence-electron chi connectivity index (χ2n) is 7.16. The van der Waals surface area contributed by atoms with Crippen LogP contribution in [0.1, 0.15) is 20.7 Å². The van der Waals surface area contributed by atoms with Crippen LogP contribution in [-0.2, 0) is 4.79 Å². The molecule has 3 aromatic rings. The van der Waals surface area contributed by atoms with E-state index in [-0.39, 0.29) is 24.6 Å². The van der Waals surface area contributed by atoms with Gasteiger partial charge in [0.25, 0.3) is 17.6 Å². The van der Waals surface area contributed by atoms with Gasteiger partial charge >= 0.3 is 0 Å². The Kier molecular flexibility index (Phi) is 6.31. The van der Waals surface area contributed by atoms with E-state index in [1.165, 1.54) is 11.1 Å². The summed E-state index contributed by atoms with van der Waals surface area (Å²) in [6.07, 6.45) is 3.48. The van der Waals surface area contributed by atoms with Gasteiger partial charge in [-0.05, 0) is 36.6 Å². The zero-order chi connectivity index (χ0) is 22.1. The molecule has 1 aliphatic rings. The lowest BCUT2D eigenvalue weighted by Crippen LogP contribution is -2.52. The number of piperazine rings is 1. The minimum absolute atomic E-state index is 0.125. The highest BCUT2D eigenvalue weighted by molar-refractivity contribution is 7.98.